The standard InChI is InChI=1S/C22H27NO4/c1-25-19-6-5-18(9-20(19)27-12-14-3-4-14)22(13-23)10-16-7-15(21(24)26-2)8-17(16)11-22/h5-6,9,14-17H,3-4,7-8,10-12H2,1-2H3/t15?,16-,17+,22?. The van der Waals surface area contributed by atoms with Gasteiger partial charge in [-0.25, -0.2) is 0 Å². The molecule has 5 nitrogen and oxygen atoms in total. The Morgan fingerprint density at radius 1 is 1.19 bits per heavy atom. The van der Waals surface area contributed by atoms with Gasteiger partial charge in [-0.15, -0.1) is 0 Å². The van der Waals surface area contributed by atoms with Crippen LogP contribution >= 0.6 is 0 Å². The summed E-state index contributed by atoms with van der Waals surface area (Å²) in [6.45, 7) is 0.714. The van der Waals surface area contributed by atoms with Crippen molar-refractivity contribution in [3.63, 3.8) is 0 Å². The first-order valence-electron chi connectivity index (χ1n) is 9.89. The van der Waals surface area contributed by atoms with Crippen molar-refractivity contribution in [1.29, 1.82) is 5.26 Å². The molecule has 2 unspecified atom stereocenters. The van der Waals surface area contributed by atoms with E-state index in [1.54, 1.807) is 7.11 Å². The van der Waals surface area contributed by atoms with E-state index in [4.69, 9.17) is 14.2 Å². The van der Waals surface area contributed by atoms with E-state index in [1.165, 1.54) is 20.0 Å². The van der Waals surface area contributed by atoms with Gasteiger partial charge >= 0.3 is 5.97 Å². The van der Waals surface area contributed by atoms with Crippen LogP contribution in [0.3, 0.4) is 0 Å². The molecule has 5 heteroatoms. The van der Waals surface area contributed by atoms with Gasteiger partial charge < -0.3 is 14.2 Å². The first-order chi connectivity index (χ1) is 13.1. The van der Waals surface area contributed by atoms with Crippen molar-refractivity contribution in [1.82, 2.24) is 0 Å². The fourth-order valence-electron chi connectivity index (χ4n) is 5.02. The Balaban J connectivity index is 1.54. The van der Waals surface area contributed by atoms with E-state index < -0.39 is 5.41 Å². The third kappa shape index (κ3) is 3.38. The summed E-state index contributed by atoms with van der Waals surface area (Å²) in [5, 5.41) is 10.1. The number of hydrogen-bond acceptors (Lipinski definition) is 5. The maximum atomic E-state index is 11.9. The van der Waals surface area contributed by atoms with E-state index in [0.29, 0.717) is 24.4 Å². The van der Waals surface area contributed by atoms with Gasteiger partial charge in [0.05, 0.1) is 38.2 Å². The monoisotopic (exact) mass is 369 g/mol. The number of benzene rings is 1. The number of ether oxygens (including phenoxy) is 3. The molecule has 4 rings (SSSR count). The molecule has 1 aromatic carbocycles. The highest BCUT2D eigenvalue weighted by Crippen LogP contribution is 2.56. The van der Waals surface area contributed by atoms with Crippen LogP contribution in [0.5, 0.6) is 11.5 Å². The second-order valence-electron chi connectivity index (χ2n) is 8.43. The zero-order valence-corrected chi connectivity index (χ0v) is 16.1. The van der Waals surface area contributed by atoms with Crippen molar-refractivity contribution in [3.05, 3.63) is 23.8 Å². The van der Waals surface area contributed by atoms with Gasteiger partial charge in [0.25, 0.3) is 0 Å². The second kappa shape index (κ2) is 7.07. The maximum Gasteiger partial charge on any atom is 0.308 e. The van der Waals surface area contributed by atoms with Crippen LogP contribution in [0, 0.1) is 35.0 Å². The fraction of sp³-hybridized carbons (Fsp3) is 0.636. The predicted molar refractivity (Wildman–Crippen MR) is 99.5 cm³/mol. The normalized spacial score (nSPS) is 31.8. The first kappa shape index (κ1) is 18.2. The Labute approximate surface area is 160 Å². The van der Waals surface area contributed by atoms with Gasteiger partial charge in [-0.2, -0.15) is 5.26 Å². The van der Waals surface area contributed by atoms with E-state index in [0.717, 1.165) is 42.7 Å². The minimum Gasteiger partial charge on any atom is -0.493 e. The summed E-state index contributed by atoms with van der Waals surface area (Å²) in [5.41, 5.74) is 0.515. The summed E-state index contributed by atoms with van der Waals surface area (Å²) in [6, 6.07) is 8.54. The Morgan fingerprint density at radius 3 is 2.44 bits per heavy atom. The molecular weight excluding hydrogens is 342 g/mol. The molecule has 144 valence electrons. The molecule has 0 aliphatic heterocycles. The Morgan fingerprint density at radius 2 is 1.89 bits per heavy atom. The number of carbonyl (C=O) groups excluding carboxylic acids is 1. The molecule has 0 spiro atoms. The molecule has 3 fully saturated rings. The maximum absolute atomic E-state index is 11.9. The molecule has 4 atom stereocenters. The molecule has 27 heavy (non-hydrogen) atoms. The summed E-state index contributed by atoms with van der Waals surface area (Å²) >= 11 is 0. The number of carbonyl (C=O) groups is 1. The van der Waals surface area contributed by atoms with Gasteiger partial charge in [-0.05, 0) is 74.0 Å². The molecule has 0 saturated heterocycles. The van der Waals surface area contributed by atoms with Crippen LogP contribution in [0.15, 0.2) is 18.2 Å². The van der Waals surface area contributed by atoms with Gasteiger partial charge in [0.15, 0.2) is 11.5 Å². The van der Waals surface area contributed by atoms with E-state index in [9.17, 15) is 10.1 Å². The average molecular weight is 369 g/mol. The lowest BCUT2D eigenvalue weighted by atomic mass is 9.77. The lowest BCUT2D eigenvalue weighted by Crippen LogP contribution is -2.23. The molecule has 1 aromatic rings. The lowest BCUT2D eigenvalue weighted by molar-refractivity contribution is -0.145. The van der Waals surface area contributed by atoms with Crippen LogP contribution in [0.2, 0.25) is 0 Å². The third-order valence-corrected chi connectivity index (χ3v) is 6.70. The van der Waals surface area contributed by atoms with E-state index >= 15 is 0 Å². The van der Waals surface area contributed by atoms with E-state index in [-0.39, 0.29) is 11.9 Å². The van der Waals surface area contributed by atoms with Crippen LogP contribution < -0.4 is 9.47 Å². The summed E-state index contributed by atoms with van der Waals surface area (Å²) in [6.07, 6.45) is 5.74. The van der Waals surface area contributed by atoms with Crippen LogP contribution in [0.4, 0.5) is 0 Å². The highest BCUT2D eigenvalue weighted by Gasteiger charge is 2.52. The van der Waals surface area contributed by atoms with Crippen molar-refractivity contribution in [2.45, 2.75) is 43.9 Å². The number of esters is 1. The molecule has 0 radical (unpaired) electrons. The number of nitrogens with zero attached hydrogens (tertiary/aromatic N) is 1. The minimum atomic E-state index is -0.500. The van der Waals surface area contributed by atoms with Crippen LogP contribution in [-0.2, 0) is 14.9 Å². The minimum absolute atomic E-state index is 0.00463. The largest absolute Gasteiger partial charge is 0.493 e. The Kier molecular flexibility index (Phi) is 4.75. The van der Waals surface area contributed by atoms with E-state index in [1.807, 2.05) is 18.2 Å². The van der Waals surface area contributed by atoms with Gasteiger partial charge in [0.2, 0.25) is 0 Å². The summed E-state index contributed by atoms with van der Waals surface area (Å²) in [4.78, 5) is 11.9. The zero-order chi connectivity index (χ0) is 19.0. The lowest BCUT2D eigenvalue weighted by Gasteiger charge is -2.24. The van der Waals surface area contributed by atoms with Crippen molar-refractivity contribution >= 4 is 5.97 Å². The molecule has 3 aliphatic carbocycles. The summed E-state index contributed by atoms with van der Waals surface area (Å²) in [5.74, 6) is 2.82. The van der Waals surface area contributed by atoms with E-state index in [2.05, 4.69) is 6.07 Å². The highest BCUT2D eigenvalue weighted by atomic mass is 16.5. The smallest absolute Gasteiger partial charge is 0.308 e. The zero-order valence-electron chi connectivity index (χ0n) is 16.1. The third-order valence-electron chi connectivity index (χ3n) is 6.70. The van der Waals surface area contributed by atoms with Crippen molar-refractivity contribution < 1.29 is 19.0 Å². The molecule has 0 heterocycles. The number of nitriles is 1. The number of methoxy groups -OCH3 is 2. The van der Waals surface area contributed by atoms with Crippen molar-refractivity contribution in [2.75, 3.05) is 20.8 Å². The molecule has 0 amide bonds. The van der Waals surface area contributed by atoms with Gasteiger partial charge in [0, 0.05) is 0 Å². The summed E-state index contributed by atoms with van der Waals surface area (Å²) < 4.78 is 16.4. The molecule has 0 bridgehead atoms. The van der Waals surface area contributed by atoms with Gasteiger partial charge in [-0.1, -0.05) is 6.07 Å². The van der Waals surface area contributed by atoms with Crippen molar-refractivity contribution in [3.8, 4) is 17.6 Å². The van der Waals surface area contributed by atoms with Crippen LogP contribution in [-0.4, -0.2) is 26.8 Å². The number of fused-ring (bicyclic) bond motifs is 1. The quantitative estimate of drug-likeness (QED) is 0.712. The molecule has 0 N–H and O–H groups in total. The second-order valence-corrected chi connectivity index (χ2v) is 8.43. The topological polar surface area (TPSA) is 68.6 Å². The van der Waals surface area contributed by atoms with Gasteiger partial charge in [-0.3, -0.25) is 4.79 Å². The highest BCUT2D eigenvalue weighted by molar-refractivity contribution is 5.72. The average Bonchev–Trinajstić information content (AvgIpc) is 3.34. The summed E-state index contributed by atoms with van der Waals surface area (Å²) in [7, 11) is 3.10. The molecule has 0 aromatic heterocycles. The molecular formula is C22H27NO4. The van der Waals surface area contributed by atoms with Crippen molar-refractivity contribution in [2.24, 2.45) is 23.7 Å². The van der Waals surface area contributed by atoms with Crippen LogP contribution in [0.25, 0.3) is 0 Å². The fourth-order valence-corrected chi connectivity index (χ4v) is 5.02. The van der Waals surface area contributed by atoms with Crippen LogP contribution in [0.1, 0.15) is 44.1 Å². The SMILES string of the molecule is COC(=O)C1C[C@@H]2CC(C#N)(c3ccc(OC)c(OCC4CC4)c3)C[C@@H]2C1. The number of rotatable bonds is 6. The Hall–Kier alpha value is -2.22. The predicted octanol–water partition coefficient (Wildman–Crippen LogP) is 3.85. The Bertz CT molecular complexity index is 750. The van der Waals surface area contributed by atoms with Gasteiger partial charge in [0.1, 0.15) is 0 Å². The first-order valence-corrected chi connectivity index (χ1v) is 9.89. The number of hydrogen-bond donors (Lipinski definition) is 0. The molecule has 3 saturated carbocycles. The molecule has 3 aliphatic rings.